The molecule has 0 unspecified atom stereocenters. The van der Waals surface area contributed by atoms with Gasteiger partial charge in [-0.15, -0.1) is 0 Å². The van der Waals surface area contributed by atoms with E-state index in [-0.39, 0.29) is 23.8 Å². The lowest BCUT2D eigenvalue weighted by atomic mass is 9.54. The molecule has 0 spiro atoms. The van der Waals surface area contributed by atoms with E-state index < -0.39 is 5.41 Å². The highest BCUT2D eigenvalue weighted by Gasteiger charge is 2.62. The van der Waals surface area contributed by atoms with Crippen LogP contribution in [0, 0.1) is 5.92 Å². The van der Waals surface area contributed by atoms with E-state index in [1.54, 1.807) is 4.90 Å². The molecule has 2 heterocycles. The first-order valence-electron chi connectivity index (χ1n) is 8.35. The second-order valence-electron chi connectivity index (χ2n) is 7.11. The number of amides is 2. The molecule has 4 aliphatic rings. The number of nitrogens with two attached hydrogens (primary N) is 1. The number of nitrogen functional groups attached to an aromatic ring is 1. The molecule has 2 aliphatic carbocycles. The summed E-state index contributed by atoms with van der Waals surface area (Å²) < 4.78 is 0. The third kappa shape index (κ3) is 1.82. The number of carbonyl (C=O) groups excluding carboxylic acids is 2. The minimum atomic E-state index is -0.469. The average Bonchev–Trinajstić information content (AvgIpc) is 2.48. The molecule has 22 heavy (non-hydrogen) atoms. The summed E-state index contributed by atoms with van der Waals surface area (Å²) in [5, 5.41) is 0. The van der Waals surface area contributed by atoms with Gasteiger partial charge in [0.15, 0.2) is 0 Å². The van der Waals surface area contributed by atoms with Crippen LogP contribution in [-0.4, -0.2) is 22.8 Å². The maximum atomic E-state index is 13.2. The Morgan fingerprint density at radius 1 is 1.00 bits per heavy atom. The summed E-state index contributed by atoms with van der Waals surface area (Å²) in [7, 11) is 0. The van der Waals surface area contributed by atoms with Gasteiger partial charge in [-0.3, -0.25) is 14.5 Å². The number of anilines is 1. The number of benzene rings is 1. The molecule has 2 bridgehead atoms. The standard InChI is InChI=1S/C18H22N2O2/c19-14-8-6-13(7-9-14)18-10-12(11-18)16(21)20(17(18)22)15-4-2-1-3-5-15/h6-9,12,15H,1-5,10-11,19H2. The van der Waals surface area contributed by atoms with Gasteiger partial charge in [-0.25, -0.2) is 0 Å². The fourth-order valence-corrected chi connectivity index (χ4v) is 4.50. The molecule has 2 saturated carbocycles. The molecular weight excluding hydrogens is 276 g/mol. The van der Waals surface area contributed by atoms with Crippen molar-refractivity contribution in [1.82, 2.24) is 4.90 Å². The van der Waals surface area contributed by atoms with Crippen LogP contribution >= 0.6 is 0 Å². The molecule has 4 nitrogen and oxygen atoms in total. The van der Waals surface area contributed by atoms with E-state index in [0.717, 1.165) is 31.2 Å². The Labute approximate surface area is 130 Å². The predicted molar refractivity (Wildman–Crippen MR) is 84.0 cm³/mol. The van der Waals surface area contributed by atoms with E-state index in [4.69, 9.17) is 5.73 Å². The smallest absolute Gasteiger partial charge is 0.240 e. The lowest BCUT2D eigenvalue weighted by Gasteiger charge is -2.55. The largest absolute Gasteiger partial charge is 0.399 e. The van der Waals surface area contributed by atoms with Gasteiger partial charge in [-0.1, -0.05) is 31.4 Å². The van der Waals surface area contributed by atoms with Crippen LogP contribution in [-0.2, 0) is 15.0 Å². The summed E-state index contributed by atoms with van der Waals surface area (Å²) in [4.78, 5) is 27.4. The monoisotopic (exact) mass is 298 g/mol. The molecule has 2 saturated heterocycles. The molecule has 2 aliphatic heterocycles. The highest BCUT2D eigenvalue weighted by atomic mass is 16.2. The van der Waals surface area contributed by atoms with Crippen molar-refractivity contribution in [3.8, 4) is 0 Å². The van der Waals surface area contributed by atoms with Crippen LogP contribution in [0.1, 0.15) is 50.5 Å². The summed E-state index contributed by atoms with van der Waals surface area (Å²) in [6.45, 7) is 0. The second-order valence-corrected chi connectivity index (χ2v) is 7.11. The van der Waals surface area contributed by atoms with Gasteiger partial charge in [0.05, 0.1) is 5.41 Å². The molecule has 1 aromatic rings. The van der Waals surface area contributed by atoms with E-state index >= 15 is 0 Å². The van der Waals surface area contributed by atoms with Crippen molar-refractivity contribution < 1.29 is 9.59 Å². The number of imide groups is 1. The van der Waals surface area contributed by atoms with Crippen molar-refractivity contribution in [2.75, 3.05) is 5.73 Å². The fourth-order valence-electron chi connectivity index (χ4n) is 4.50. The number of piperidine rings is 2. The molecule has 5 rings (SSSR count). The number of rotatable bonds is 2. The summed E-state index contributed by atoms with van der Waals surface area (Å²) in [6, 6.07) is 7.75. The quantitative estimate of drug-likeness (QED) is 0.674. The minimum Gasteiger partial charge on any atom is -0.399 e. The molecule has 116 valence electrons. The van der Waals surface area contributed by atoms with Crippen LogP contribution in [0.2, 0.25) is 0 Å². The first-order chi connectivity index (χ1) is 10.6. The Morgan fingerprint density at radius 3 is 2.27 bits per heavy atom. The Hall–Kier alpha value is -1.84. The third-order valence-corrected chi connectivity index (χ3v) is 5.81. The number of carbonyl (C=O) groups is 2. The first-order valence-corrected chi connectivity index (χ1v) is 8.35. The summed E-state index contributed by atoms with van der Waals surface area (Å²) in [6.07, 6.45) is 6.78. The van der Waals surface area contributed by atoms with E-state index in [1.165, 1.54) is 6.42 Å². The Bertz CT molecular complexity index is 610. The highest BCUT2D eigenvalue weighted by molar-refractivity contribution is 6.08. The zero-order valence-electron chi connectivity index (χ0n) is 12.8. The van der Waals surface area contributed by atoms with Crippen molar-refractivity contribution in [3.05, 3.63) is 29.8 Å². The summed E-state index contributed by atoms with van der Waals surface area (Å²) in [5.41, 5.74) is 7.03. The normalized spacial score (nSPS) is 32.0. The van der Waals surface area contributed by atoms with E-state index in [0.29, 0.717) is 18.5 Å². The molecular formula is C18H22N2O2. The minimum absolute atomic E-state index is 0.0386. The zero-order chi connectivity index (χ0) is 15.3. The number of hydrogen-bond donors (Lipinski definition) is 1. The number of nitrogens with zero attached hydrogens (tertiary/aromatic N) is 1. The molecule has 0 aromatic heterocycles. The molecule has 0 radical (unpaired) electrons. The highest BCUT2D eigenvalue weighted by Crippen LogP contribution is 2.54. The van der Waals surface area contributed by atoms with Gasteiger partial charge in [0.1, 0.15) is 0 Å². The van der Waals surface area contributed by atoms with E-state index in [2.05, 4.69) is 0 Å². The lowest BCUT2D eigenvalue weighted by Crippen LogP contribution is -2.67. The Kier molecular flexibility index (Phi) is 3.03. The summed E-state index contributed by atoms with van der Waals surface area (Å²) >= 11 is 0. The van der Waals surface area contributed by atoms with E-state index in [9.17, 15) is 9.59 Å². The van der Waals surface area contributed by atoms with Crippen LogP contribution < -0.4 is 5.73 Å². The molecule has 0 atom stereocenters. The molecule has 1 aromatic carbocycles. The SMILES string of the molecule is Nc1ccc(C23CC(C2)C(=O)N(C2CCCCC2)C3=O)cc1. The molecule has 2 amide bonds. The number of fused-ring (bicyclic) bond motifs is 2. The first kappa shape index (κ1) is 13.8. The van der Waals surface area contributed by atoms with Crippen molar-refractivity contribution in [1.29, 1.82) is 0 Å². The predicted octanol–water partition coefficient (Wildman–Crippen LogP) is 2.62. The summed E-state index contributed by atoms with van der Waals surface area (Å²) in [5.74, 6) is 0.156. The van der Waals surface area contributed by atoms with Crippen molar-refractivity contribution in [3.63, 3.8) is 0 Å². The molecule has 2 N–H and O–H groups in total. The fraction of sp³-hybridized carbons (Fsp3) is 0.556. The van der Waals surface area contributed by atoms with Gasteiger partial charge in [0, 0.05) is 17.6 Å². The van der Waals surface area contributed by atoms with Gasteiger partial charge < -0.3 is 5.73 Å². The van der Waals surface area contributed by atoms with Crippen LogP contribution in [0.3, 0.4) is 0 Å². The lowest BCUT2D eigenvalue weighted by molar-refractivity contribution is -0.172. The Morgan fingerprint density at radius 2 is 1.64 bits per heavy atom. The van der Waals surface area contributed by atoms with Crippen LogP contribution in [0.4, 0.5) is 5.69 Å². The van der Waals surface area contributed by atoms with Crippen molar-refractivity contribution >= 4 is 17.5 Å². The zero-order valence-corrected chi connectivity index (χ0v) is 12.8. The molecule has 4 heteroatoms. The van der Waals surface area contributed by atoms with Crippen LogP contribution in [0.15, 0.2) is 24.3 Å². The average molecular weight is 298 g/mol. The van der Waals surface area contributed by atoms with Gasteiger partial charge in [0.25, 0.3) is 0 Å². The van der Waals surface area contributed by atoms with Gasteiger partial charge in [-0.05, 0) is 43.4 Å². The van der Waals surface area contributed by atoms with Crippen molar-refractivity contribution in [2.45, 2.75) is 56.4 Å². The van der Waals surface area contributed by atoms with E-state index in [1.807, 2.05) is 24.3 Å². The van der Waals surface area contributed by atoms with Crippen LogP contribution in [0.5, 0.6) is 0 Å². The van der Waals surface area contributed by atoms with Gasteiger partial charge in [-0.2, -0.15) is 0 Å². The van der Waals surface area contributed by atoms with Gasteiger partial charge >= 0.3 is 0 Å². The molecule has 4 fully saturated rings. The van der Waals surface area contributed by atoms with Gasteiger partial charge in [0.2, 0.25) is 11.8 Å². The maximum absolute atomic E-state index is 13.2. The second kappa shape index (κ2) is 4.83. The number of hydrogen-bond acceptors (Lipinski definition) is 3. The third-order valence-electron chi connectivity index (χ3n) is 5.81. The topological polar surface area (TPSA) is 63.4 Å². The maximum Gasteiger partial charge on any atom is 0.240 e. The Balaban J connectivity index is 1.67. The van der Waals surface area contributed by atoms with Crippen molar-refractivity contribution in [2.24, 2.45) is 5.92 Å². The van der Waals surface area contributed by atoms with Crippen LogP contribution in [0.25, 0.3) is 0 Å².